The van der Waals surface area contributed by atoms with Crippen molar-refractivity contribution in [1.29, 1.82) is 0 Å². The van der Waals surface area contributed by atoms with Crippen LogP contribution in [-0.2, 0) is 6.54 Å². The van der Waals surface area contributed by atoms with Crippen molar-refractivity contribution >= 4 is 23.2 Å². The van der Waals surface area contributed by atoms with Crippen LogP contribution in [0.5, 0.6) is 0 Å². The number of fused-ring (bicyclic) bond motifs is 1. The molecule has 128 valence electrons. The molecule has 2 aliphatic rings. The zero-order valence-electron chi connectivity index (χ0n) is 13.2. The zero-order valence-corrected chi connectivity index (χ0v) is 14.7. The molecule has 2 aromatic rings. The molecule has 4 rings (SSSR count). The number of nitrogens with zero attached hydrogens (tertiary/aromatic N) is 4. The summed E-state index contributed by atoms with van der Waals surface area (Å²) in [6.45, 7) is 2.71. The van der Waals surface area contributed by atoms with Crippen molar-refractivity contribution in [3.63, 3.8) is 0 Å². The van der Waals surface area contributed by atoms with Gasteiger partial charge in [0.25, 0.3) is 0 Å². The third kappa shape index (κ3) is 3.06. The summed E-state index contributed by atoms with van der Waals surface area (Å²) >= 11 is 12.5. The molecule has 0 bridgehead atoms. The number of halogens is 2. The van der Waals surface area contributed by atoms with E-state index in [1.54, 1.807) is 18.6 Å². The van der Waals surface area contributed by atoms with Gasteiger partial charge in [-0.3, -0.25) is 14.6 Å². The lowest BCUT2D eigenvalue weighted by Gasteiger charge is -2.35. The van der Waals surface area contributed by atoms with Gasteiger partial charge in [0.05, 0.1) is 22.2 Å². The molecule has 4 atom stereocenters. The van der Waals surface area contributed by atoms with E-state index < -0.39 is 0 Å². The van der Waals surface area contributed by atoms with Gasteiger partial charge in [0, 0.05) is 50.0 Å². The Labute approximate surface area is 151 Å². The molecular weight excluding hydrogens is 347 g/mol. The van der Waals surface area contributed by atoms with Gasteiger partial charge >= 0.3 is 0 Å². The van der Waals surface area contributed by atoms with Crippen molar-refractivity contribution in [2.75, 3.05) is 13.1 Å². The van der Waals surface area contributed by atoms with E-state index in [4.69, 9.17) is 23.2 Å². The lowest BCUT2D eigenvalue weighted by Crippen LogP contribution is -2.36. The molecule has 0 amide bonds. The topological polar surface area (TPSA) is 54.2 Å². The first-order valence-electron chi connectivity index (χ1n) is 8.29. The first-order valence-corrected chi connectivity index (χ1v) is 9.05. The molecule has 1 aliphatic heterocycles. The second-order valence-electron chi connectivity index (χ2n) is 6.89. The summed E-state index contributed by atoms with van der Waals surface area (Å²) in [6.07, 6.45) is 8.45. The summed E-state index contributed by atoms with van der Waals surface area (Å²) in [5.74, 6) is 1.09. The van der Waals surface area contributed by atoms with Gasteiger partial charge in [-0.05, 0) is 30.7 Å². The first kappa shape index (κ1) is 16.3. The Balaban J connectivity index is 1.46. The maximum Gasteiger partial charge on any atom is 0.0781 e. The second-order valence-corrected chi connectivity index (χ2v) is 7.70. The van der Waals surface area contributed by atoms with Crippen LogP contribution < -0.4 is 0 Å². The number of hydrogen-bond donors (Lipinski definition) is 1. The fourth-order valence-electron chi connectivity index (χ4n) is 4.21. The van der Waals surface area contributed by atoms with E-state index in [0.29, 0.717) is 21.9 Å². The summed E-state index contributed by atoms with van der Waals surface area (Å²) in [6, 6.07) is 1.99. The van der Waals surface area contributed by atoms with Crippen molar-refractivity contribution < 1.29 is 5.11 Å². The van der Waals surface area contributed by atoms with Crippen LogP contribution in [0.2, 0.25) is 10.0 Å². The van der Waals surface area contributed by atoms with Gasteiger partial charge in [0.2, 0.25) is 0 Å². The Hall–Kier alpha value is -1.14. The highest BCUT2D eigenvalue weighted by Gasteiger charge is 2.42. The smallest absolute Gasteiger partial charge is 0.0781 e. The number of aromatic nitrogens is 3. The molecule has 1 saturated heterocycles. The van der Waals surface area contributed by atoms with Gasteiger partial charge in [0.1, 0.15) is 0 Å². The summed E-state index contributed by atoms with van der Waals surface area (Å²) in [4.78, 5) is 6.40. The molecule has 5 nitrogen and oxygen atoms in total. The maximum atomic E-state index is 10.5. The fourth-order valence-corrected chi connectivity index (χ4v) is 4.69. The highest BCUT2D eigenvalue weighted by atomic mass is 35.5. The standard InChI is InChI=1S/C17H20Cl2N4O/c18-14-6-20-7-15(19)13(14)10-22-8-11-4-16(23-3-1-2-21-23)17(24)5-12(11)9-22/h1-3,6-7,11-12,16-17,24H,4-5,8-10H2/t11-,12+,16-,17-/m1/s1. The monoisotopic (exact) mass is 366 g/mol. The molecule has 7 heteroatoms. The predicted octanol–water partition coefficient (Wildman–Crippen LogP) is 3.03. The summed E-state index contributed by atoms with van der Waals surface area (Å²) in [7, 11) is 0. The van der Waals surface area contributed by atoms with Gasteiger partial charge in [-0.2, -0.15) is 5.10 Å². The number of likely N-dealkylation sites (tertiary alicyclic amines) is 1. The van der Waals surface area contributed by atoms with Crippen LogP contribution in [0.4, 0.5) is 0 Å². The van der Waals surface area contributed by atoms with E-state index in [0.717, 1.165) is 38.0 Å². The third-order valence-corrected chi connectivity index (χ3v) is 6.03. The Morgan fingerprint density at radius 3 is 2.50 bits per heavy atom. The van der Waals surface area contributed by atoms with Crippen LogP contribution in [0.15, 0.2) is 30.9 Å². The second kappa shape index (κ2) is 6.64. The van der Waals surface area contributed by atoms with Crippen LogP contribution in [-0.4, -0.2) is 44.0 Å². The molecule has 2 fully saturated rings. The number of aliphatic hydroxyl groups excluding tert-OH is 1. The van der Waals surface area contributed by atoms with Gasteiger partial charge < -0.3 is 5.11 Å². The van der Waals surface area contributed by atoms with E-state index in [1.807, 2.05) is 16.9 Å². The fraction of sp³-hybridized carbons (Fsp3) is 0.529. The molecule has 2 aromatic heterocycles. The van der Waals surface area contributed by atoms with Gasteiger partial charge in [-0.25, -0.2) is 0 Å². The van der Waals surface area contributed by atoms with Gasteiger partial charge in [-0.15, -0.1) is 0 Å². The number of pyridine rings is 1. The van der Waals surface area contributed by atoms with Crippen LogP contribution in [0.25, 0.3) is 0 Å². The Bertz CT molecular complexity index is 688. The Morgan fingerprint density at radius 1 is 1.12 bits per heavy atom. The summed E-state index contributed by atoms with van der Waals surface area (Å²) in [5.41, 5.74) is 0.941. The van der Waals surface area contributed by atoms with Crippen molar-refractivity contribution in [2.24, 2.45) is 11.8 Å². The van der Waals surface area contributed by atoms with Crippen LogP contribution in [0.1, 0.15) is 24.4 Å². The minimum absolute atomic E-state index is 0.0781. The molecule has 0 aromatic carbocycles. The average Bonchev–Trinajstić information content (AvgIpc) is 3.19. The number of aliphatic hydroxyl groups is 1. The summed E-state index contributed by atoms with van der Waals surface area (Å²) < 4.78 is 1.90. The van der Waals surface area contributed by atoms with Crippen LogP contribution in [0.3, 0.4) is 0 Å². The SMILES string of the molecule is O[C@@H]1C[C@H]2CN(Cc3c(Cl)cncc3Cl)C[C@H]2C[C@H]1n1cccn1. The molecule has 3 heterocycles. The first-order chi connectivity index (χ1) is 11.6. The van der Waals surface area contributed by atoms with Crippen molar-refractivity contribution in [2.45, 2.75) is 31.5 Å². The Morgan fingerprint density at radius 2 is 1.83 bits per heavy atom. The number of hydrogen-bond acceptors (Lipinski definition) is 4. The lowest BCUT2D eigenvalue weighted by atomic mass is 9.77. The average molecular weight is 367 g/mol. The Kier molecular flexibility index (Phi) is 4.52. The maximum absolute atomic E-state index is 10.5. The molecule has 1 N–H and O–H groups in total. The lowest BCUT2D eigenvalue weighted by molar-refractivity contribution is 0.0306. The molecule has 0 spiro atoms. The molecule has 0 radical (unpaired) electrons. The third-order valence-electron chi connectivity index (χ3n) is 5.38. The predicted molar refractivity (Wildman–Crippen MR) is 93.0 cm³/mol. The van der Waals surface area contributed by atoms with E-state index in [2.05, 4.69) is 15.0 Å². The minimum atomic E-state index is -0.334. The molecule has 1 saturated carbocycles. The highest BCUT2D eigenvalue weighted by molar-refractivity contribution is 6.35. The van der Waals surface area contributed by atoms with E-state index >= 15 is 0 Å². The van der Waals surface area contributed by atoms with Crippen molar-refractivity contribution in [1.82, 2.24) is 19.7 Å². The molecular formula is C17H20Cl2N4O. The van der Waals surface area contributed by atoms with Crippen LogP contribution >= 0.6 is 23.2 Å². The normalized spacial score (nSPS) is 30.5. The minimum Gasteiger partial charge on any atom is -0.391 e. The largest absolute Gasteiger partial charge is 0.391 e. The van der Waals surface area contributed by atoms with Crippen molar-refractivity contribution in [3.8, 4) is 0 Å². The van der Waals surface area contributed by atoms with E-state index in [-0.39, 0.29) is 12.1 Å². The molecule has 0 unspecified atom stereocenters. The van der Waals surface area contributed by atoms with Gasteiger partial charge in [-0.1, -0.05) is 23.2 Å². The van der Waals surface area contributed by atoms with Gasteiger partial charge in [0.15, 0.2) is 0 Å². The van der Waals surface area contributed by atoms with E-state index in [1.165, 1.54) is 0 Å². The molecule has 1 aliphatic carbocycles. The van der Waals surface area contributed by atoms with Crippen molar-refractivity contribution in [3.05, 3.63) is 46.5 Å². The number of rotatable bonds is 3. The van der Waals surface area contributed by atoms with E-state index in [9.17, 15) is 5.11 Å². The zero-order chi connectivity index (χ0) is 16.7. The quantitative estimate of drug-likeness (QED) is 0.906. The summed E-state index contributed by atoms with van der Waals surface area (Å²) in [5, 5.41) is 16.1. The molecule has 24 heavy (non-hydrogen) atoms. The van der Waals surface area contributed by atoms with Crippen LogP contribution in [0, 0.1) is 11.8 Å². The highest BCUT2D eigenvalue weighted by Crippen LogP contribution is 2.41.